The standard InChI is InChI=1S/C26H31N5O2/c1-31-15-21(14-29-31)20-12-22(25(27)28-13-20)26(32)30-23-9-4-10-24(23)33-16-17-5-2-8-19(11-17)18-6-3-7-18/h2,5,8,11-15,18,23-24H,3-4,6-7,9-10,16H2,1H3,(H2,27,28)(H,30,32)/t23-,24-/m0/s1. The fourth-order valence-corrected chi connectivity index (χ4v) is 4.80. The Hall–Kier alpha value is -3.19. The van der Waals surface area contributed by atoms with Crippen LogP contribution in [0.15, 0.2) is 48.9 Å². The summed E-state index contributed by atoms with van der Waals surface area (Å²) in [6.45, 7) is 0.567. The lowest BCUT2D eigenvalue weighted by molar-refractivity contribution is 0.0271. The summed E-state index contributed by atoms with van der Waals surface area (Å²) >= 11 is 0. The SMILES string of the molecule is Cn1cc(-c2cnc(N)c(C(=O)N[C@H]3CCC[C@@H]3OCc3cccc(C4CCC4)c3)c2)cn1. The lowest BCUT2D eigenvalue weighted by Crippen LogP contribution is -2.41. The molecule has 2 aliphatic carbocycles. The number of nitrogens with zero attached hydrogens (tertiary/aromatic N) is 3. The van der Waals surface area contributed by atoms with Gasteiger partial charge in [0.25, 0.3) is 5.91 Å². The van der Waals surface area contributed by atoms with Crippen molar-refractivity contribution in [3.8, 4) is 11.1 Å². The molecule has 2 aliphatic rings. The maximum absolute atomic E-state index is 13.1. The number of amides is 1. The van der Waals surface area contributed by atoms with E-state index in [-0.39, 0.29) is 23.9 Å². The molecule has 0 saturated heterocycles. The highest BCUT2D eigenvalue weighted by molar-refractivity contribution is 5.99. The topological polar surface area (TPSA) is 95.1 Å². The van der Waals surface area contributed by atoms with Crippen LogP contribution in [0.5, 0.6) is 0 Å². The number of carbonyl (C=O) groups excluding carboxylic acids is 1. The molecule has 2 heterocycles. The zero-order chi connectivity index (χ0) is 22.8. The Morgan fingerprint density at radius 1 is 1.15 bits per heavy atom. The van der Waals surface area contributed by atoms with E-state index >= 15 is 0 Å². The van der Waals surface area contributed by atoms with E-state index in [0.717, 1.165) is 30.4 Å². The predicted octanol–water partition coefficient (Wildman–Crippen LogP) is 4.20. The number of carbonyl (C=O) groups is 1. The third kappa shape index (κ3) is 4.78. The number of hydrogen-bond donors (Lipinski definition) is 2. The van der Waals surface area contributed by atoms with Crippen LogP contribution in [0.25, 0.3) is 11.1 Å². The highest BCUT2D eigenvalue weighted by Crippen LogP contribution is 2.36. The molecule has 2 aromatic heterocycles. The van der Waals surface area contributed by atoms with Crippen LogP contribution in [-0.4, -0.2) is 32.8 Å². The highest BCUT2D eigenvalue weighted by Gasteiger charge is 2.30. The lowest BCUT2D eigenvalue weighted by atomic mass is 9.80. The second kappa shape index (κ2) is 9.35. The van der Waals surface area contributed by atoms with Gasteiger partial charge in [0.2, 0.25) is 0 Å². The minimum absolute atomic E-state index is 0.00278. The summed E-state index contributed by atoms with van der Waals surface area (Å²) in [5, 5.41) is 7.34. The summed E-state index contributed by atoms with van der Waals surface area (Å²) in [4.78, 5) is 17.3. The summed E-state index contributed by atoms with van der Waals surface area (Å²) in [5.41, 5.74) is 10.8. The van der Waals surface area contributed by atoms with Gasteiger partial charge in [-0.25, -0.2) is 4.98 Å². The number of rotatable bonds is 7. The van der Waals surface area contributed by atoms with E-state index in [1.165, 1.54) is 30.4 Å². The summed E-state index contributed by atoms with van der Waals surface area (Å²) < 4.78 is 7.99. The third-order valence-electron chi connectivity index (χ3n) is 6.96. The van der Waals surface area contributed by atoms with E-state index in [1.807, 2.05) is 13.2 Å². The van der Waals surface area contributed by atoms with Crippen LogP contribution in [0.2, 0.25) is 0 Å². The van der Waals surface area contributed by atoms with Gasteiger partial charge in [-0.1, -0.05) is 30.7 Å². The van der Waals surface area contributed by atoms with E-state index < -0.39 is 0 Å². The molecule has 0 radical (unpaired) electrons. The second-order valence-electron chi connectivity index (χ2n) is 9.29. The third-order valence-corrected chi connectivity index (χ3v) is 6.96. The molecule has 5 rings (SSSR count). The zero-order valence-electron chi connectivity index (χ0n) is 19.0. The number of aryl methyl sites for hydroxylation is 1. The van der Waals surface area contributed by atoms with Crippen molar-refractivity contribution in [2.24, 2.45) is 7.05 Å². The first-order valence-corrected chi connectivity index (χ1v) is 11.8. The van der Waals surface area contributed by atoms with E-state index in [2.05, 4.69) is 39.7 Å². The number of hydrogen-bond acceptors (Lipinski definition) is 5. The maximum atomic E-state index is 13.1. The smallest absolute Gasteiger partial charge is 0.255 e. The van der Waals surface area contributed by atoms with Crippen molar-refractivity contribution >= 4 is 11.7 Å². The molecule has 1 amide bonds. The van der Waals surface area contributed by atoms with Gasteiger partial charge in [-0.05, 0) is 55.2 Å². The van der Waals surface area contributed by atoms with Crippen molar-refractivity contribution in [1.29, 1.82) is 0 Å². The van der Waals surface area contributed by atoms with E-state index in [0.29, 0.717) is 18.1 Å². The molecule has 3 aromatic rings. The molecule has 2 saturated carbocycles. The molecule has 0 bridgehead atoms. The van der Waals surface area contributed by atoms with Crippen molar-refractivity contribution in [3.63, 3.8) is 0 Å². The normalized spacial score (nSPS) is 20.5. The number of ether oxygens (including phenoxy) is 1. The molecule has 2 fully saturated rings. The van der Waals surface area contributed by atoms with Crippen LogP contribution in [-0.2, 0) is 18.4 Å². The number of nitrogen functional groups attached to an aromatic ring is 1. The lowest BCUT2D eigenvalue weighted by Gasteiger charge is -2.26. The molecular weight excluding hydrogens is 414 g/mol. The van der Waals surface area contributed by atoms with Gasteiger partial charge in [0.05, 0.1) is 30.5 Å². The number of pyridine rings is 1. The fraction of sp³-hybridized carbons (Fsp3) is 0.423. The van der Waals surface area contributed by atoms with Gasteiger partial charge in [0.1, 0.15) is 5.82 Å². The first-order valence-electron chi connectivity index (χ1n) is 11.8. The Balaban J connectivity index is 1.23. The van der Waals surface area contributed by atoms with Gasteiger partial charge in [0.15, 0.2) is 0 Å². The van der Waals surface area contributed by atoms with Crippen LogP contribution < -0.4 is 11.1 Å². The van der Waals surface area contributed by atoms with Crippen LogP contribution >= 0.6 is 0 Å². The number of anilines is 1. The number of nitrogens with two attached hydrogens (primary N) is 1. The Labute approximate surface area is 194 Å². The van der Waals surface area contributed by atoms with Crippen molar-refractivity contribution in [2.45, 2.75) is 63.2 Å². The minimum Gasteiger partial charge on any atom is -0.383 e. The molecule has 3 N–H and O–H groups in total. The Morgan fingerprint density at radius 3 is 2.76 bits per heavy atom. The van der Waals surface area contributed by atoms with Gasteiger partial charge in [0, 0.05) is 30.6 Å². The van der Waals surface area contributed by atoms with E-state index in [1.54, 1.807) is 23.1 Å². The zero-order valence-corrected chi connectivity index (χ0v) is 19.0. The highest BCUT2D eigenvalue weighted by atomic mass is 16.5. The van der Waals surface area contributed by atoms with Gasteiger partial charge < -0.3 is 15.8 Å². The fourth-order valence-electron chi connectivity index (χ4n) is 4.80. The van der Waals surface area contributed by atoms with Crippen molar-refractivity contribution < 1.29 is 9.53 Å². The Bertz CT molecular complexity index is 1140. The number of benzene rings is 1. The largest absolute Gasteiger partial charge is 0.383 e. The summed E-state index contributed by atoms with van der Waals surface area (Å²) in [6.07, 6.45) is 12.1. The molecule has 7 heteroatoms. The maximum Gasteiger partial charge on any atom is 0.255 e. The first kappa shape index (κ1) is 21.6. The minimum atomic E-state index is -0.210. The second-order valence-corrected chi connectivity index (χ2v) is 9.29. The summed E-state index contributed by atoms with van der Waals surface area (Å²) in [5.74, 6) is 0.728. The quantitative estimate of drug-likeness (QED) is 0.568. The summed E-state index contributed by atoms with van der Waals surface area (Å²) in [6, 6.07) is 10.5. The number of aromatic nitrogens is 3. The Morgan fingerprint density at radius 2 is 2.00 bits per heavy atom. The average molecular weight is 446 g/mol. The van der Waals surface area contributed by atoms with Gasteiger partial charge in [-0.15, -0.1) is 0 Å². The molecular formula is C26H31N5O2. The van der Waals surface area contributed by atoms with Crippen LogP contribution in [0, 0.1) is 0 Å². The van der Waals surface area contributed by atoms with Crippen LogP contribution in [0.4, 0.5) is 5.82 Å². The average Bonchev–Trinajstić information content (AvgIpc) is 3.40. The molecule has 0 unspecified atom stereocenters. The van der Waals surface area contributed by atoms with Crippen molar-refractivity contribution in [1.82, 2.24) is 20.1 Å². The monoisotopic (exact) mass is 445 g/mol. The van der Waals surface area contributed by atoms with Crippen LogP contribution in [0.1, 0.15) is 65.9 Å². The molecule has 1 aromatic carbocycles. The van der Waals surface area contributed by atoms with Gasteiger partial charge in [-0.3, -0.25) is 9.48 Å². The molecule has 0 spiro atoms. The first-order chi connectivity index (χ1) is 16.1. The predicted molar refractivity (Wildman–Crippen MR) is 128 cm³/mol. The van der Waals surface area contributed by atoms with Crippen molar-refractivity contribution in [3.05, 3.63) is 65.6 Å². The molecule has 2 atom stereocenters. The van der Waals surface area contributed by atoms with E-state index in [4.69, 9.17) is 10.5 Å². The van der Waals surface area contributed by atoms with Crippen LogP contribution in [0.3, 0.4) is 0 Å². The molecule has 7 nitrogen and oxygen atoms in total. The van der Waals surface area contributed by atoms with Crippen molar-refractivity contribution in [2.75, 3.05) is 5.73 Å². The van der Waals surface area contributed by atoms with Gasteiger partial charge in [-0.2, -0.15) is 5.10 Å². The molecule has 33 heavy (non-hydrogen) atoms. The summed E-state index contributed by atoms with van der Waals surface area (Å²) in [7, 11) is 1.85. The van der Waals surface area contributed by atoms with Gasteiger partial charge >= 0.3 is 0 Å². The van der Waals surface area contributed by atoms with E-state index in [9.17, 15) is 4.79 Å². The Kier molecular flexibility index (Phi) is 6.13. The molecule has 0 aliphatic heterocycles. The molecule has 172 valence electrons. The number of nitrogens with one attached hydrogen (secondary N) is 1.